The first-order valence-electron chi connectivity index (χ1n) is 5.44. The van der Waals surface area contributed by atoms with Gasteiger partial charge < -0.3 is 15.2 Å². The quantitative estimate of drug-likeness (QED) is 0.738. The second-order valence-corrected chi connectivity index (χ2v) is 4.51. The number of aliphatic hydroxyl groups is 1. The van der Waals surface area contributed by atoms with Crippen LogP contribution in [0.25, 0.3) is 0 Å². The van der Waals surface area contributed by atoms with Crippen molar-refractivity contribution in [1.82, 2.24) is 5.32 Å². The molecule has 15 heavy (non-hydrogen) atoms. The molecule has 3 nitrogen and oxygen atoms in total. The van der Waals surface area contributed by atoms with Crippen molar-refractivity contribution in [2.75, 3.05) is 19.7 Å². The zero-order valence-electron chi connectivity index (χ0n) is 8.62. The van der Waals surface area contributed by atoms with Gasteiger partial charge in [-0.05, 0) is 11.1 Å². The van der Waals surface area contributed by atoms with Crippen molar-refractivity contribution >= 4 is 0 Å². The molecule has 0 aromatic heterocycles. The van der Waals surface area contributed by atoms with E-state index in [4.69, 9.17) is 4.74 Å². The van der Waals surface area contributed by atoms with E-state index in [0.717, 1.165) is 24.3 Å². The molecule has 1 saturated heterocycles. The fraction of sp³-hybridized carbons (Fsp3) is 0.500. The molecule has 0 bridgehead atoms. The third kappa shape index (κ3) is 1.52. The summed E-state index contributed by atoms with van der Waals surface area (Å²) in [6.07, 6.45) is 1.70. The molecule has 80 valence electrons. The zero-order valence-corrected chi connectivity index (χ0v) is 8.62. The van der Waals surface area contributed by atoms with Crippen molar-refractivity contribution < 1.29 is 9.84 Å². The van der Waals surface area contributed by atoms with Gasteiger partial charge in [0.15, 0.2) is 0 Å². The number of para-hydroxylation sites is 1. The van der Waals surface area contributed by atoms with Crippen molar-refractivity contribution in [3.8, 4) is 5.75 Å². The van der Waals surface area contributed by atoms with E-state index in [1.165, 1.54) is 5.56 Å². The molecule has 0 spiro atoms. The van der Waals surface area contributed by atoms with Crippen LogP contribution in [0.15, 0.2) is 18.2 Å². The molecule has 0 saturated carbocycles. The molecule has 0 unspecified atom stereocenters. The molecule has 2 N–H and O–H groups in total. The van der Waals surface area contributed by atoms with E-state index in [1.54, 1.807) is 0 Å². The Hall–Kier alpha value is -1.06. The first-order valence-corrected chi connectivity index (χ1v) is 5.44. The lowest BCUT2D eigenvalue weighted by atomic mass is 9.88. The number of hydrogen-bond donors (Lipinski definition) is 2. The van der Waals surface area contributed by atoms with Crippen LogP contribution in [0.2, 0.25) is 0 Å². The third-order valence-electron chi connectivity index (χ3n) is 3.22. The SMILES string of the molecule is OC1(Cc2cccc3c2OCC3)CNC1. The lowest BCUT2D eigenvalue weighted by Crippen LogP contribution is -2.60. The van der Waals surface area contributed by atoms with Crippen LogP contribution >= 0.6 is 0 Å². The summed E-state index contributed by atoms with van der Waals surface area (Å²) in [6.45, 7) is 2.16. The van der Waals surface area contributed by atoms with E-state index in [0.29, 0.717) is 19.5 Å². The second-order valence-electron chi connectivity index (χ2n) is 4.51. The summed E-state index contributed by atoms with van der Waals surface area (Å²) >= 11 is 0. The Labute approximate surface area is 89.1 Å². The molecular weight excluding hydrogens is 190 g/mol. The average molecular weight is 205 g/mol. The molecule has 1 aromatic rings. The second kappa shape index (κ2) is 3.22. The maximum atomic E-state index is 10.1. The lowest BCUT2D eigenvalue weighted by molar-refractivity contribution is -0.00943. The van der Waals surface area contributed by atoms with Gasteiger partial charge in [-0.15, -0.1) is 0 Å². The zero-order chi connectivity index (χ0) is 10.3. The Bertz CT molecular complexity index is 385. The van der Waals surface area contributed by atoms with E-state index in [9.17, 15) is 5.11 Å². The summed E-state index contributed by atoms with van der Waals surface area (Å²) < 4.78 is 5.61. The van der Waals surface area contributed by atoms with Crippen LogP contribution < -0.4 is 10.1 Å². The normalized spacial score (nSPS) is 21.7. The summed E-state index contributed by atoms with van der Waals surface area (Å²) in [5.41, 5.74) is 1.87. The van der Waals surface area contributed by atoms with E-state index >= 15 is 0 Å². The smallest absolute Gasteiger partial charge is 0.125 e. The van der Waals surface area contributed by atoms with Crippen LogP contribution in [0.5, 0.6) is 5.75 Å². The highest BCUT2D eigenvalue weighted by Gasteiger charge is 2.35. The number of fused-ring (bicyclic) bond motifs is 1. The standard InChI is InChI=1S/C12H15NO2/c14-12(7-13-8-12)6-10-3-1-2-9-4-5-15-11(9)10/h1-3,13-14H,4-8H2. The lowest BCUT2D eigenvalue weighted by Gasteiger charge is -2.38. The molecular formula is C12H15NO2. The average Bonchev–Trinajstić information content (AvgIpc) is 2.64. The van der Waals surface area contributed by atoms with Crippen LogP contribution in [-0.4, -0.2) is 30.4 Å². The Morgan fingerprint density at radius 3 is 3.00 bits per heavy atom. The summed E-state index contributed by atoms with van der Waals surface area (Å²) in [5.74, 6) is 1.01. The Balaban J connectivity index is 1.89. The highest BCUT2D eigenvalue weighted by Crippen LogP contribution is 2.32. The van der Waals surface area contributed by atoms with Crippen LogP contribution in [0, 0.1) is 0 Å². The number of ether oxygens (including phenoxy) is 1. The van der Waals surface area contributed by atoms with Crippen LogP contribution in [-0.2, 0) is 12.8 Å². The maximum Gasteiger partial charge on any atom is 0.125 e. The molecule has 3 rings (SSSR count). The van der Waals surface area contributed by atoms with Crippen molar-refractivity contribution in [3.63, 3.8) is 0 Å². The van der Waals surface area contributed by atoms with Gasteiger partial charge in [0.05, 0.1) is 12.2 Å². The Kier molecular flexibility index (Phi) is 1.97. The molecule has 0 atom stereocenters. The number of benzene rings is 1. The number of β-amino-alcohol motifs (C(OH)–C–C–N with tert-alkyl or cyclic N) is 1. The fourth-order valence-corrected chi connectivity index (χ4v) is 2.32. The summed E-state index contributed by atoms with van der Waals surface area (Å²) in [4.78, 5) is 0. The van der Waals surface area contributed by atoms with Gasteiger partial charge >= 0.3 is 0 Å². The minimum absolute atomic E-state index is 0.554. The van der Waals surface area contributed by atoms with Crippen LogP contribution in [0.4, 0.5) is 0 Å². The first-order chi connectivity index (χ1) is 7.27. The summed E-state index contributed by atoms with van der Waals surface area (Å²) in [5, 5.41) is 13.2. The molecule has 0 radical (unpaired) electrons. The molecule has 1 fully saturated rings. The third-order valence-corrected chi connectivity index (χ3v) is 3.22. The Morgan fingerprint density at radius 1 is 1.40 bits per heavy atom. The van der Waals surface area contributed by atoms with E-state index < -0.39 is 5.60 Å². The largest absolute Gasteiger partial charge is 0.493 e. The van der Waals surface area contributed by atoms with Crippen molar-refractivity contribution in [1.29, 1.82) is 0 Å². The van der Waals surface area contributed by atoms with E-state index in [-0.39, 0.29) is 0 Å². The number of hydrogen-bond acceptors (Lipinski definition) is 3. The first kappa shape index (κ1) is 9.19. The molecule has 2 heterocycles. The van der Waals surface area contributed by atoms with Gasteiger partial charge in [0.25, 0.3) is 0 Å². The highest BCUT2D eigenvalue weighted by atomic mass is 16.5. The van der Waals surface area contributed by atoms with Crippen LogP contribution in [0.1, 0.15) is 11.1 Å². The van der Waals surface area contributed by atoms with Gasteiger partial charge in [0, 0.05) is 25.9 Å². The molecule has 3 heteroatoms. The van der Waals surface area contributed by atoms with Gasteiger partial charge in [0.1, 0.15) is 5.75 Å². The maximum absolute atomic E-state index is 10.1. The molecule has 2 aliphatic rings. The van der Waals surface area contributed by atoms with Gasteiger partial charge in [-0.25, -0.2) is 0 Å². The summed E-state index contributed by atoms with van der Waals surface area (Å²) in [7, 11) is 0. The van der Waals surface area contributed by atoms with E-state index in [2.05, 4.69) is 23.5 Å². The number of rotatable bonds is 2. The topological polar surface area (TPSA) is 41.5 Å². The van der Waals surface area contributed by atoms with Gasteiger partial charge in [-0.2, -0.15) is 0 Å². The van der Waals surface area contributed by atoms with Crippen molar-refractivity contribution in [2.45, 2.75) is 18.4 Å². The molecule has 0 amide bonds. The number of nitrogens with one attached hydrogen (secondary N) is 1. The van der Waals surface area contributed by atoms with Crippen LogP contribution in [0.3, 0.4) is 0 Å². The highest BCUT2D eigenvalue weighted by molar-refractivity contribution is 5.44. The minimum Gasteiger partial charge on any atom is -0.493 e. The van der Waals surface area contributed by atoms with Gasteiger partial charge in [-0.3, -0.25) is 0 Å². The molecule has 0 aliphatic carbocycles. The fourth-order valence-electron chi connectivity index (χ4n) is 2.32. The van der Waals surface area contributed by atoms with E-state index in [1.807, 2.05) is 0 Å². The molecule has 2 aliphatic heterocycles. The summed E-state index contributed by atoms with van der Waals surface area (Å²) in [6, 6.07) is 6.22. The predicted octanol–water partition coefficient (Wildman–Crippen LogP) is 0.498. The predicted molar refractivity (Wildman–Crippen MR) is 57.2 cm³/mol. The minimum atomic E-state index is -0.554. The molecule has 1 aromatic carbocycles. The van der Waals surface area contributed by atoms with Gasteiger partial charge in [0.2, 0.25) is 0 Å². The van der Waals surface area contributed by atoms with Crippen molar-refractivity contribution in [3.05, 3.63) is 29.3 Å². The monoisotopic (exact) mass is 205 g/mol. The van der Waals surface area contributed by atoms with Crippen molar-refractivity contribution in [2.24, 2.45) is 0 Å². The Morgan fingerprint density at radius 2 is 2.27 bits per heavy atom. The van der Waals surface area contributed by atoms with Gasteiger partial charge in [-0.1, -0.05) is 18.2 Å².